The van der Waals surface area contributed by atoms with Gasteiger partial charge in [-0.1, -0.05) is 4.49 Å². The molecule has 3 fully saturated rings. The summed E-state index contributed by atoms with van der Waals surface area (Å²) >= 11 is 1.18. The lowest BCUT2D eigenvalue weighted by Crippen LogP contribution is -2.40. The molecule has 6 nitrogen and oxygen atoms in total. The maximum absolute atomic E-state index is 12.4. The Morgan fingerprint density at radius 2 is 2.20 bits per heavy atom. The van der Waals surface area contributed by atoms with Gasteiger partial charge in [0.1, 0.15) is 0 Å². The lowest BCUT2D eigenvalue weighted by molar-refractivity contribution is -0.129. The summed E-state index contributed by atoms with van der Waals surface area (Å²) in [4.78, 5) is 28.4. The molecule has 0 spiro atoms. The molecule has 0 N–H and O–H groups in total. The molecule has 1 aromatic heterocycles. The first-order valence-corrected chi connectivity index (χ1v) is 7.95. The van der Waals surface area contributed by atoms with E-state index in [1.54, 1.807) is 5.38 Å². The van der Waals surface area contributed by atoms with Gasteiger partial charge in [-0.25, -0.2) is 0 Å². The van der Waals surface area contributed by atoms with E-state index in [2.05, 4.69) is 9.59 Å². The standard InChI is InChI=1S/C13H16N4O2S/c18-12-5-11-10(17(12)6-8-1-2-8)3-4-16(11)13(19)9-7-20-15-14-9/h7-8,10-11H,1-6H2/t10-,11+/m0/s1. The van der Waals surface area contributed by atoms with E-state index in [4.69, 9.17) is 0 Å². The monoisotopic (exact) mass is 292 g/mol. The summed E-state index contributed by atoms with van der Waals surface area (Å²) in [5.41, 5.74) is 0.406. The summed E-state index contributed by atoms with van der Waals surface area (Å²) in [5, 5.41) is 5.53. The minimum absolute atomic E-state index is 0.0375. The van der Waals surface area contributed by atoms with Crippen molar-refractivity contribution in [2.75, 3.05) is 13.1 Å². The van der Waals surface area contributed by atoms with Gasteiger partial charge in [0, 0.05) is 24.9 Å². The summed E-state index contributed by atoms with van der Waals surface area (Å²) in [6, 6.07) is 0.258. The molecule has 2 atom stereocenters. The van der Waals surface area contributed by atoms with Gasteiger partial charge < -0.3 is 9.80 Å². The van der Waals surface area contributed by atoms with Crippen molar-refractivity contribution in [3.63, 3.8) is 0 Å². The van der Waals surface area contributed by atoms with Crippen LogP contribution in [0.1, 0.15) is 36.2 Å². The van der Waals surface area contributed by atoms with Crippen molar-refractivity contribution in [3.05, 3.63) is 11.1 Å². The van der Waals surface area contributed by atoms with Gasteiger partial charge in [-0.15, -0.1) is 5.10 Å². The quantitative estimate of drug-likeness (QED) is 0.825. The zero-order chi connectivity index (χ0) is 13.7. The van der Waals surface area contributed by atoms with Gasteiger partial charge in [0.25, 0.3) is 5.91 Å². The molecule has 3 aliphatic rings. The Morgan fingerprint density at radius 1 is 1.35 bits per heavy atom. The highest BCUT2D eigenvalue weighted by Gasteiger charge is 2.49. The van der Waals surface area contributed by atoms with E-state index in [0.29, 0.717) is 18.0 Å². The van der Waals surface area contributed by atoms with Crippen LogP contribution in [0.4, 0.5) is 0 Å². The van der Waals surface area contributed by atoms with Crippen LogP contribution >= 0.6 is 11.5 Å². The SMILES string of the molecule is O=C(c1csnn1)N1CC[C@H]2[C@H]1CC(=O)N2CC1CC1. The number of aromatic nitrogens is 2. The number of rotatable bonds is 3. The second kappa shape index (κ2) is 4.51. The fourth-order valence-electron chi connectivity index (χ4n) is 3.40. The van der Waals surface area contributed by atoms with Crippen LogP contribution in [0.25, 0.3) is 0 Å². The Hall–Kier alpha value is -1.50. The average molecular weight is 292 g/mol. The summed E-state index contributed by atoms with van der Waals surface area (Å²) in [6.07, 6.45) is 3.86. The average Bonchev–Trinajstić information content (AvgIpc) is 2.87. The van der Waals surface area contributed by atoms with Crippen molar-refractivity contribution in [1.29, 1.82) is 0 Å². The molecule has 1 saturated carbocycles. The first-order chi connectivity index (χ1) is 9.74. The highest BCUT2D eigenvalue weighted by atomic mass is 32.1. The molecule has 0 bridgehead atoms. The summed E-state index contributed by atoms with van der Waals surface area (Å²) < 4.78 is 3.74. The Morgan fingerprint density at radius 3 is 2.90 bits per heavy atom. The van der Waals surface area contributed by atoms with E-state index in [1.807, 2.05) is 9.80 Å². The van der Waals surface area contributed by atoms with E-state index in [-0.39, 0.29) is 23.9 Å². The van der Waals surface area contributed by atoms with Gasteiger partial charge in [0.15, 0.2) is 5.69 Å². The minimum Gasteiger partial charge on any atom is -0.337 e. The molecular formula is C13H16N4O2S. The molecule has 4 rings (SSSR count). The predicted molar refractivity (Wildman–Crippen MR) is 72.2 cm³/mol. The normalized spacial score (nSPS) is 29.1. The number of amides is 2. The Kier molecular flexibility index (Phi) is 2.76. The van der Waals surface area contributed by atoms with Crippen molar-refractivity contribution in [3.8, 4) is 0 Å². The van der Waals surface area contributed by atoms with E-state index < -0.39 is 0 Å². The number of nitrogens with zero attached hydrogens (tertiary/aromatic N) is 4. The van der Waals surface area contributed by atoms with Crippen LogP contribution in [0.15, 0.2) is 5.38 Å². The van der Waals surface area contributed by atoms with Crippen LogP contribution in [0.2, 0.25) is 0 Å². The second-order valence-electron chi connectivity index (χ2n) is 5.91. The third-order valence-electron chi connectivity index (χ3n) is 4.61. The molecule has 0 aromatic carbocycles. The Balaban J connectivity index is 1.52. The number of likely N-dealkylation sites (tertiary alicyclic amines) is 2. The summed E-state index contributed by atoms with van der Waals surface area (Å²) in [7, 11) is 0. The van der Waals surface area contributed by atoms with Gasteiger partial charge in [-0.2, -0.15) is 0 Å². The third kappa shape index (κ3) is 1.91. The van der Waals surface area contributed by atoms with Crippen molar-refractivity contribution in [2.45, 2.75) is 37.8 Å². The van der Waals surface area contributed by atoms with E-state index in [9.17, 15) is 9.59 Å². The molecule has 2 amide bonds. The Bertz CT molecular complexity index is 543. The van der Waals surface area contributed by atoms with E-state index >= 15 is 0 Å². The lowest BCUT2D eigenvalue weighted by Gasteiger charge is -2.25. The number of carbonyl (C=O) groups is 2. The van der Waals surface area contributed by atoms with Crippen molar-refractivity contribution < 1.29 is 9.59 Å². The molecular weight excluding hydrogens is 276 g/mol. The molecule has 106 valence electrons. The Labute approximate surface area is 120 Å². The second-order valence-corrected chi connectivity index (χ2v) is 6.52. The van der Waals surface area contributed by atoms with Gasteiger partial charge in [-0.05, 0) is 36.7 Å². The largest absolute Gasteiger partial charge is 0.337 e. The molecule has 3 heterocycles. The molecule has 1 aliphatic carbocycles. The fraction of sp³-hybridized carbons (Fsp3) is 0.692. The molecule has 2 aliphatic heterocycles. The minimum atomic E-state index is -0.0766. The zero-order valence-electron chi connectivity index (χ0n) is 11.1. The molecule has 7 heteroatoms. The van der Waals surface area contributed by atoms with Crippen molar-refractivity contribution in [2.24, 2.45) is 5.92 Å². The number of hydrogen-bond acceptors (Lipinski definition) is 5. The van der Waals surface area contributed by atoms with Gasteiger partial charge >= 0.3 is 0 Å². The zero-order valence-corrected chi connectivity index (χ0v) is 11.9. The molecule has 0 unspecified atom stereocenters. The van der Waals surface area contributed by atoms with E-state index in [1.165, 1.54) is 24.4 Å². The van der Waals surface area contributed by atoms with Gasteiger partial charge in [0.2, 0.25) is 5.91 Å². The predicted octanol–water partition coefficient (Wildman–Crippen LogP) is 0.764. The van der Waals surface area contributed by atoms with Crippen LogP contribution in [0.5, 0.6) is 0 Å². The third-order valence-corrected chi connectivity index (χ3v) is 5.11. The lowest BCUT2D eigenvalue weighted by atomic mass is 10.1. The fourth-order valence-corrected chi connectivity index (χ4v) is 3.83. The van der Waals surface area contributed by atoms with E-state index in [0.717, 1.165) is 19.5 Å². The van der Waals surface area contributed by atoms with Crippen LogP contribution in [-0.4, -0.2) is 56.4 Å². The van der Waals surface area contributed by atoms with Crippen molar-refractivity contribution in [1.82, 2.24) is 19.4 Å². The molecule has 20 heavy (non-hydrogen) atoms. The van der Waals surface area contributed by atoms with Gasteiger partial charge in [0.05, 0.1) is 12.1 Å². The van der Waals surface area contributed by atoms with Gasteiger partial charge in [-0.3, -0.25) is 9.59 Å². The topological polar surface area (TPSA) is 66.4 Å². The number of hydrogen-bond donors (Lipinski definition) is 0. The first-order valence-electron chi connectivity index (χ1n) is 7.11. The number of fused-ring (bicyclic) bond motifs is 1. The molecule has 1 aromatic rings. The molecule has 0 radical (unpaired) electrons. The maximum Gasteiger partial charge on any atom is 0.275 e. The smallest absolute Gasteiger partial charge is 0.275 e. The summed E-state index contributed by atoms with van der Waals surface area (Å²) in [6.45, 7) is 1.61. The maximum atomic E-state index is 12.4. The van der Waals surface area contributed by atoms with Crippen LogP contribution in [0.3, 0.4) is 0 Å². The highest BCUT2D eigenvalue weighted by Crippen LogP contribution is 2.37. The highest BCUT2D eigenvalue weighted by molar-refractivity contribution is 7.03. The van der Waals surface area contributed by atoms with Crippen molar-refractivity contribution >= 4 is 23.3 Å². The van der Waals surface area contributed by atoms with Crippen LogP contribution in [0, 0.1) is 5.92 Å². The molecule has 2 saturated heterocycles. The summed E-state index contributed by atoms with van der Waals surface area (Å²) in [5.74, 6) is 0.832. The van der Waals surface area contributed by atoms with Crippen LogP contribution < -0.4 is 0 Å². The van der Waals surface area contributed by atoms with Crippen LogP contribution in [-0.2, 0) is 4.79 Å². The number of carbonyl (C=O) groups excluding carboxylic acids is 2. The first kappa shape index (κ1) is 12.3.